The van der Waals surface area contributed by atoms with Crippen molar-refractivity contribution in [2.24, 2.45) is 4.99 Å². The van der Waals surface area contributed by atoms with Gasteiger partial charge in [0.15, 0.2) is 17.5 Å². The molecule has 1 aromatic rings. The first-order valence-corrected chi connectivity index (χ1v) is 8.68. The Morgan fingerprint density at radius 3 is 2.37 bits per heavy atom. The normalized spacial score (nSPS) is 12.5. The Balaban J connectivity index is 0.00000676. The van der Waals surface area contributed by atoms with E-state index in [9.17, 15) is 4.79 Å². The Kier molecular flexibility index (Phi) is 11.1. The number of benzene rings is 1. The number of amides is 1. The molecule has 7 nitrogen and oxygen atoms in total. The SMILES string of the molecule is CN=C(NCC(C)Oc1ccccc1OC)N(C)CC(=O)NC(C)(C)C.I. The lowest BCUT2D eigenvalue weighted by molar-refractivity contribution is -0.122. The fraction of sp³-hybridized carbons (Fsp3) is 0.579. The van der Waals surface area contributed by atoms with Crippen molar-refractivity contribution in [3.63, 3.8) is 0 Å². The Bertz CT molecular complexity index is 617. The van der Waals surface area contributed by atoms with Crippen LogP contribution in [-0.2, 0) is 4.79 Å². The number of aliphatic imine (C=N–C) groups is 1. The minimum Gasteiger partial charge on any atom is -0.493 e. The molecule has 0 saturated carbocycles. The van der Waals surface area contributed by atoms with Crippen molar-refractivity contribution in [2.75, 3.05) is 34.3 Å². The fourth-order valence-corrected chi connectivity index (χ4v) is 2.34. The maximum Gasteiger partial charge on any atom is 0.240 e. The van der Waals surface area contributed by atoms with Gasteiger partial charge in [0.05, 0.1) is 20.2 Å². The highest BCUT2D eigenvalue weighted by Crippen LogP contribution is 2.26. The fourth-order valence-electron chi connectivity index (χ4n) is 2.34. The number of guanidine groups is 1. The second-order valence-electron chi connectivity index (χ2n) is 7.16. The number of halogens is 1. The molecule has 0 aliphatic carbocycles. The van der Waals surface area contributed by atoms with Gasteiger partial charge in [0, 0.05) is 19.6 Å². The molecule has 0 aromatic heterocycles. The lowest BCUT2D eigenvalue weighted by atomic mass is 10.1. The molecule has 0 aliphatic heterocycles. The van der Waals surface area contributed by atoms with E-state index in [1.165, 1.54) is 0 Å². The highest BCUT2D eigenvalue weighted by atomic mass is 127. The molecule has 0 spiro atoms. The topological polar surface area (TPSA) is 75.2 Å². The van der Waals surface area contributed by atoms with Crippen molar-refractivity contribution in [1.29, 1.82) is 0 Å². The maximum atomic E-state index is 12.1. The summed E-state index contributed by atoms with van der Waals surface area (Å²) < 4.78 is 11.2. The van der Waals surface area contributed by atoms with E-state index in [0.717, 1.165) is 0 Å². The predicted molar refractivity (Wildman–Crippen MR) is 120 cm³/mol. The molecule has 0 bridgehead atoms. The van der Waals surface area contributed by atoms with Crippen LogP contribution in [0, 0.1) is 0 Å². The number of carbonyl (C=O) groups is 1. The number of ether oxygens (including phenoxy) is 2. The van der Waals surface area contributed by atoms with Crippen molar-refractivity contribution in [2.45, 2.75) is 39.3 Å². The molecule has 8 heteroatoms. The van der Waals surface area contributed by atoms with Crippen LogP contribution in [0.5, 0.6) is 11.5 Å². The van der Waals surface area contributed by atoms with Gasteiger partial charge in [-0.1, -0.05) is 12.1 Å². The van der Waals surface area contributed by atoms with Gasteiger partial charge in [-0.3, -0.25) is 9.79 Å². The number of rotatable bonds is 7. The summed E-state index contributed by atoms with van der Waals surface area (Å²) in [6.45, 7) is 8.58. The molecular formula is C19H33IN4O3. The summed E-state index contributed by atoms with van der Waals surface area (Å²) in [5, 5.41) is 6.16. The van der Waals surface area contributed by atoms with Crippen LogP contribution in [0.2, 0.25) is 0 Å². The monoisotopic (exact) mass is 492 g/mol. The molecule has 0 fully saturated rings. The molecule has 2 N–H and O–H groups in total. The van der Waals surface area contributed by atoms with Gasteiger partial charge in [0.1, 0.15) is 6.10 Å². The number of carbonyl (C=O) groups excluding carboxylic acids is 1. The molecule has 27 heavy (non-hydrogen) atoms. The summed E-state index contributed by atoms with van der Waals surface area (Å²) in [5.74, 6) is 1.96. The second kappa shape index (κ2) is 11.9. The highest BCUT2D eigenvalue weighted by molar-refractivity contribution is 14.0. The molecule has 1 amide bonds. The minimum absolute atomic E-state index is 0. The average Bonchev–Trinajstić information content (AvgIpc) is 2.54. The highest BCUT2D eigenvalue weighted by Gasteiger charge is 2.17. The lowest BCUT2D eigenvalue weighted by Gasteiger charge is -2.26. The number of hydrogen-bond acceptors (Lipinski definition) is 4. The molecular weight excluding hydrogens is 459 g/mol. The largest absolute Gasteiger partial charge is 0.493 e. The van der Waals surface area contributed by atoms with E-state index in [-0.39, 0.29) is 48.1 Å². The zero-order valence-electron chi connectivity index (χ0n) is 17.3. The Morgan fingerprint density at radius 1 is 1.26 bits per heavy atom. The number of hydrogen-bond donors (Lipinski definition) is 2. The molecule has 0 saturated heterocycles. The number of likely N-dealkylation sites (N-methyl/N-ethyl adjacent to an activating group) is 1. The Hall–Kier alpha value is -1.71. The Morgan fingerprint density at radius 2 is 1.85 bits per heavy atom. The van der Waals surface area contributed by atoms with E-state index in [4.69, 9.17) is 9.47 Å². The number of nitrogens with zero attached hydrogens (tertiary/aromatic N) is 2. The van der Waals surface area contributed by atoms with E-state index in [2.05, 4.69) is 15.6 Å². The molecule has 0 aliphatic rings. The van der Waals surface area contributed by atoms with Gasteiger partial charge in [-0.25, -0.2) is 0 Å². The summed E-state index contributed by atoms with van der Waals surface area (Å²) in [6, 6.07) is 7.52. The third kappa shape index (κ3) is 9.69. The quantitative estimate of drug-likeness (QED) is 0.348. The van der Waals surface area contributed by atoms with E-state index in [0.29, 0.717) is 24.0 Å². The van der Waals surface area contributed by atoms with E-state index in [1.54, 1.807) is 19.1 Å². The molecule has 0 heterocycles. The summed E-state index contributed by atoms with van der Waals surface area (Å²) in [4.78, 5) is 18.1. The summed E-state index contributed by atoms with van der Waals surface area (Å²) in [7, 11) is 5.13. The average molecular weight is 492 g/mol. The standard InChI is InChI=1S/C19H32N4O3.HI/c1-14(26-16-11-9-8-10-15(16)25-7)12-21-18(20-5)23(6)13-17(24)22-19(2,3)4;/h8-11,14H,12-13H2,1-7H3,(H,20,21)(H,22,24);1H. The molecule has 1 aromatic carbocycles. The minimum atomic E-state index is -0.258. The van der Waals surface area contributed by atoms with Gasteiger partial charge in [0.2, 0.25) is 5.91 Å². The lowest BCUT2D eigenvalue weighted by Crippen LogP contribution is -2.49. The van der Waals surface area contributed by atoms with Crippen LogP contribution < -0.4 is 20.1 Å². The van der Waals surface area contributed by atoms with Crippen LogP contribution in [0.25, 0.3) is 0 Å². The molecule has 0 radical (unpaired) electrons. The summed E-state index contributed by atoms with van der Waals surface area (Å²) in [6.07, 6.45) is -0.111. The molecule has 154 valence electrons. The van der Waals surface area contributed by atoms with E-state index < -0.39 is 0 Å². The number of methoxy groups -OCH3 is 1. The molecule has 1 atom stereocenters. The van der Waals surface area contributed by atoms with Crippen LogP contribution in [0.3, 0.4) is 0 Å². The van der Waals surface area contributed by atoms with Crippen LogP contribution in [0.1, 0.15) is 27.7 Å². The summed E-state index contributed by atoms with van der Waals surface area (Å²) in [5.41, 5.74) is -0.258. The van der Waals surface area contributed by atoms with Gasteiger partial charge < -0.3 is 25.0 Å². The first kappa shape index (κ1) is 25.3. The maximum absolute atomic E-state index is 12.1. The van der Waals surface area contributed by atoms with Crippen molar-refractivity contribution < 1.29 is 14.3 Å². The van der Waals surface area contributed by atoms with Crippen LogP contribution in [0.15, 0.2) is 29.3 Å². The van der Waals surface area contributed by atoms with Crippen LogP contribution >= 0.6 is 24.0 Å². The van der Waals surface area contributed by atoms with Crippen molar-refractivity contribution >= 4 is 35.8 Å². The third-order valence-corrected chi connectivity index (χ3v) is 3.41. The van der Waals surface area contributed by atoms with Gasteiger partial charge in [0.25, 0.3) is 0 Å². The van der Waals surface area contributed by atoms with Gasteiger partial charge in [-0.05, 0) is 39.8 Å². The van der Waals surface area contributed by atoms with Gasteiger partial charge >= 0.3 is 0 Å². The second-order valence-corrected chi connectivity index (χ2v) is 7.16. The van der Waals surface area contributed by atoms with Crippen LogP contribution in [0.4, 0.5) is 0 Å². The first-order valence-electron chi connectivity index (χ1n) is 8.68. The van der Waals surface area contributed by atoms with Crippen LogP contribution in [-0.4, -0.2) is 62.7 Å². The molecule has 1 unspecified atom stereocenters. The number of para-hydroxylation sites is 2. The van der Waals surface area contributed by atoms with Gasteiger partial charge in [-0.15, -0.1) is 24.0 Å². The van der Waals surface area contributed by atoms with E-state index >= 15 is 0 Å². The Labute approximate surface area is 179 Å². The number of nitrogens with one attached hydrogen (secondary N) is 2. The van der Waals surface area contributed by atoms with E-state index in [1.807, 2.05) is 59.0 Å². The first-order chi connectivity index (χ1) is 12.2. The molecule has 1 rings (SSSR count). The van der Waals surface area contributed by atoms with Crippen molar-refractivity contribution in [1.82, 2.24) is 15.5 Å². The van der Waals surface area contributed by atoms with Gasteiger partial charge in [-0.2, -0.15) is 0 Å². The third-order valence-electron chi connectivity index (χ3n) is 3.41. The zero-order chi connectivity index (χ0) is 19.7. The smallest absolute Gasteiger partial charge is 0.240 e. The van der Waals surface area contributed by atoms with Crippen molar-refractivity contribution in [3.8, 4) is 11.5 Å². The zero-order valence-corrected chi connectivity index (χ0v) is 19.7. The van der Waals surface area contributed by atoms with Crippen molar-refractivity contribution in [3.05, 3.63) is 24.3 Å². The predicted octanol–water partition coefficient (Wildman–Crippen LogP) is 2.50. The summed E-state index contributed by atoms with van der Waals surface area (Å²) >= 11 is 0.